The number of hydrogen-bond acceptors (Lipinski definition) is 4. The Kier molecular flexibility index (Phi) is 6.70. The summed E-state index contributed by atoms with van der Waals surface area (Å²) >= 11 is 0. The van der Waals surface area contributed by atoms with Crippen molar-refractivity contribution in [3.63, 3.8) is 0 Å². The lowest BCUT2D eigenvalue weighted by Crippen LogP contribution is -2.40. The van der Waals surface area contributed by atoms with Crippen LogP contribution < -0.4 is 10.6 Å². The first-order valence-electron chi connectivity index (χ1n) is 8.37. The fourth-order valence-corrected chi connectivity index (χ4v) is 3.24. The molecule has 2 N–H and O–H groups in total. The van der Waals surface area contributed by atoms with E-state index in [0.29, 0.717) is 5.56 Å². The molecule has 0 saturated heterocycles. The summed E-state index contributed by atoms with van der Waals surface area (Å²) in [6.07, 6.45) is 0. The second kappa shape index (κ2) is 8.79. The smallest absolute Gasteiger partial charge is 0.309 e. The van der Waals surface area contributed by atoms with Crippen LogP contribution >= 0.6 is 0 Å². The van der Waals surface area contributed by atoms with Gasteiger partial charge >= 0.3 is 11.8 Å². The number of benzene rings is 2. The molecule has 7 nitrogen and oxygen atoms in total. The number of nitrogens with zero attached hydrogens (tertiary/aromatic N) is 1. The topological polar surface area (TPSA) is 95.6 Å². The summed E-state index contributed by atoms with van der Waals surface area (Å²) in [6, 6.07) is 15.2. The van der Waals surface area contributed by atoms with Crippen molar-refractivity contribution in [2.45, 2.75) is 24.4 Å². The van der Waals surface area contributed by atoms with Gasteiger partial charge in [0.2, 0.25) is 10.0 Å². The Labute approximate surface area is 159 Å². The summed E-state index contributed by atoms with van der Waals surface area (Å²) in [6.45, 7) is 1.92. The molecular formula is C19H23N3O4S. The van der Waals surface area contributed by atoms with E-state index in [4.69, 9.17) is 0 Å². The van der Waals surface area contributed by atoms with Gasteiger partial charge in [0.1, 0.15) is 0 Å². The van der Waals surface area contributed by atoms with Gasteiger partial charge in [0, 0.05) is 20.6 Å². The summed E-state index contributed by atoms with van der Waals surface area (Å²) < 4.78 is 25.2. The Morgan fingerprint density at radius 3 is 2.11 bits per heavy atom. The number of amides is 2. The summed E-state index contributed by atoms with van der Waals surface area (Å²) in [5.41, 5.74) is 1.58. The minimum absolute atomic E-state index is 0.119. The molecule has 0 unspecified atom stereocenters. The normalized spacial score (nSPS) is 12.4. The van der Waals surface area contributed by atoms with E-state index >= 15 is 0 Å². The molecule has 0 heterocycles. The molecule has 0 aliphatic carbocycles. The predicted octanol–water partition coefficient (Wildman–Crippen LogP) is 1.43. The largest absolute Gasteiger partial charge is 0.344 e. The van der Waals surface area contributed by atoms with Gasteiger partial charge in [0.05, 0.1) is 10.9 Å². The van der Waals surface area contributed by atoms with Crippen LogP contribution in [0.2, 0.25) is 0 Å². The molecule has 144 valence electrons. The third kappa shape index (κ3) is 5.38. The molecular weight excluding hydrogens is 366 g/mol. The fraction of sp³-hybridized carbons (Fsp3) is 0.263. The van der Waals surface area contributed by atoms with Crippen LogP contribution in [0.15, 0.2) is 59.5 Å². The lowest BCUT2D eigenvalue weighted by Gasteiger charge is -2.14. The number of sulfonamides is 1. The summed E-state index contributed by atoms with van der Waals surface area (Å²) in [5.74, 6) is -1.47. The molecule has 0 aliphatic heterocycles. The molecule has 0 aliphatic rings. The quantitative estimate of drug-likeness (QED) is 0.731. The van der Waals surface area contributed by atoms with E-state index in [1.165, 1.54) is 26.2 Å². The van der Waals surface area contributed by atoms with Crippen molar-refractivity contribution >= 4 is 21.8 Å². The Balaban J connectivity index is 1.90. The van der Waals surface area contributed by atoms with E-state index in [2.05, 4.69) is 10.6 Å². The van der Waals surface area contributed by atoms with Crippen molar-refractivity contribution in [2.24, 2.45) is 0 Å². The van der Waals surface area contributed by atoms with Gasteiger partial charge in [-0.2, -0.15) is 0 Å². The Morgan fingerprint density at radius 1 is 0.963 bits per heavy atom. The zero-order valence-electron chi connectivity index (χ0n) is 15.5. The van der Waals surface area contributed by atoms with Gasteiger partial charge in [-0.25, -0.2) is 12.7 Å². The first-order valence-corrected chi connectivity index (χ1v) is 9.81. The molecule has 2 amide bonds. The molecule has 2 aromatic carbocycles. The number of rotatable bonds is 6. The zero-order valence-corrected chi connectivity index (χ0v) is 16.3. The molecule has 0 spiro atoms. The number of nitrogens with one attached hydrogen (secondary N) is 2. The Hall–Kier alpha value is -2.71. The molecule has 0 aromatic heterocycles. The second-order valence-corrected chi connectivity index (χ2v) is 8.37. The maximum atomic E-state index is 12.0. The third-order valence-electron chi connectivity index (χ3n) is 4.01. The van der Waals surface area contributed by atoms with E-state index in [9.17, 15) is 18.0 Å². The Morgan fingerprint density at radius 2 is 1.56 bits per heavy atom. The van der Waals surface area contributed by atoms with Crippen molar-refractivity contribution in [1.82, 2.24) is 14.9 Å². The first-order chi connectivity index (χ1) is 12.7. The third-order valence-corrected chi connectivity index (χ3v) is 5.84. The van der Waals surface area contributed by atoms with E-state index in [1.807, 2.05) is 30.3 Å². The van der Waals surface area contributed by atoms with Crippen molar-refractivity contribution < 1.29 is 18.0 Å². The fourth-order valence-electron chi connectivity index (χ4n) is 2.34. The maximum Gasteiger partial charge on any atom is 0.309 e. The van der Waals surface area contributed by atoms with E-state index < -0.39 is 21.8 Å². The Bertz CT molecular complexity index is 894. The maximum absolute atomic E-state index is 12.0. The van der Waals surface area contributed by atoms with Crippen LogP contribution in [-0.4, -0.2) is 38.6 Å². The van der Waals surface area contributed by atoms with Gasteiger partial charge in [0.25, 0.3) is 0 Å². The predicted molar refractivity (Wildman–Crippen MR) is 102 cm³/mol. The average Bonchev–Trinajstić information content (AvgIpc) is 2.66. The minimum atomic E-state index is -3.50. The lowest BCUT2D eigenvalue weighted by atomic mass is 10.1. The van der Waals surface area contributed by atoms with Gasteiger partial charge in [-0.05, 0) is 30.2 Å². The monoisotopic (exact) mass is 389 g/mol. The van der Waals surface area contributed by atoms with Crippen LogP contribution in [0.4, 0.5) is 0 Å². The van der Waals surface area contributed by atoms with Gasteiger partial charge in [-0.3, -0.25) is 9.59 Å². The first kappa shape index (κ1) is 20.6. The highest BCUT2D eigenvalue weighted by Gasteiger charge is 2.18. The van der Waals surface area contributed by atoms with Crippen LogP contribution in [0.3, 0.4) is 0 Å². The standard InChI is InChI=1S/C19H23N3O4S/c1-14(16-7-5-4-6-8-16)21-19(24)18(23)20-13-15-9-11-17(12-10-15)27(25,26)22(2)3/h4-12,14H,13H2,1-3H3,(H,20,23)(H,21,24)/t14-/m1/s1. The summed E-state index contributed by atoms with van der Waals surface area (Å²) in [5, 5.41) is 5.16. The average molecular weight is 389 g/mol. The molecule has 0 radical (unpaired) electrons. The van der Waals surface area contributed by atoms with Crippen molar-refractivity contribution in [3.05, 3.63) is 65.7 Å². The van der Waals surface area contributed by atoms with Gasteiger partial charge < -0.3 is 10.6 Å². The highest BCUT2D eigenvalue weighted by Crippen LogP contribution is 2.14. The minimum Gasteiger partial charge on any atom is -0.344 e. The highest BCUT2D eigenvalue weighted by atomic mass is 32.2. The molecule has 2 rings (SSSR count). The van der Waals surface area contributed by atoms with E-state index in [-0.39, 0.29) is 17.5 Å². The van der Waals surface area contributed by atoms with Crippen molar-refractivity contribution in [3.8, 4) is 0 Å². The van der Waals surface area contributed by atoms with Crippen LogP contribution in [0.5, 0.6) is 0 Å². The molecule has 2 aromatic rings. The van der Waals surface area contributed by atoms with Crippen LogP contribution in [-0.2, 0) is 26.2 Å². The molecule has 8 heteroatoms. The summed E-state index contributed by atoms with van der Waals surface area (Å²) in [4.78, 5) is 24.1. The lowest BCUT2D eigenvalue weighted by molar-refractivity contribution is -0.139. The van der Waals surface area contributed by atoms with Crippen LogP contribution in [0.1, 0.15) is 24.1 Å². The van der Waals surface area contributed by atoms with Gasteiger partial charge in [-0.1, -0.05) is 42.5 Å². The van der Waals surface area contributed by atoms with Gasteiger partial charge in [0.15, 0.2) is 0 Å². The number of carbonyl (C=O) groups excluding carboxylic acids is 2. The highest BCUT2D eigenvalue weighted by molar-refractivity contribution is 7.89. The van der Waals surface area contributed by atoms with Crippen LogP contribution in [0.25, 0.3) is 0 Å². The second-order valence-electron chi connectivity index (χ2n) is 6.22. The molecule has 27 heavy (non-hydrogen) atoms. The van der Waals surface area contributed by atoms with Gasteiger partial charge in [-0.15, -0.1) is 0 Å². The molecule has 0 fully saturated rings. The molecule has 0 bridgehead atoms. The molecule has 1 atom stereocenters. The summed E-state index contributed by atoms with van der Waals surface area (Å²) in [7, 11) is -0.583. The number of carbonyl (C=O) groups is 2. The van der Waals surface area contributed by atoms with Crippen molar-refractivity contribution in [2.75, 3.05) is 14.1 Å². The van der Waals surface area contributed by atoms with Crippen LogP contribution in [0, 0.1) is 0 Å². The SMILES string of the molecule is C[C@@H](NC(=O)C(=O)NCc1ccc(S(=O)(=O)N(C)C)cc1)c1ccccc1. The molecule has 0 saturated carbocycles. The van der Waals surface area contributed by atoms with E-state index in [1.54, 1.807) is 19.1 Å². The zero-order chi connectivity index (χ0) is 20.0. The number of hydrogen-bond donors (Lipinski definition) is 2. The van der Waals surface area contributed by atoms with E-state index in [0.717, 1.165) is 9.87 Å². The van der Waals surface area contributed by atoms with Crippen molar-refractivity contribution in [1.29, 1.82) is 0 Å².